The van der Waals surface area contributed by atoms with Crippen molar-refractivity contribution in [1.29, 1.82) is 0 Å². The molecular weight excluding hydrogens is 377 g/mol. The van der Waals surface area contributed by atoms with E-state index in [9.17, 15) is 19.4 Å². The van der Waals surface area contributed by atoms with Crippen LogP contribution in [-0.2, 0) is 23.1 Å². The van der Waals surface area contributed by atoms with Gasteiger partial charge in [-0.2, -0.15) is 0 Å². The first-order valence-corrected chi connectivity index (χ1v) is 9.83. The van der Waals surface area contributed by atoms with E-state index in [1.54, 1.807) is 24.3 Å². The standard InChI is InChI=1S/C17H22NO8P/c1-23-9-12-10-25-15(14(12)26-27(21,22)24-2)17(20)18-8-7-11-5-3-4-6-13(11)16(18)19/h3-8,12,14-15,17,20H,9-10H2,1-2H3,(H,21,22)/t12?,14-,15?,17?/m0/s1. The fourth-order valence-corrected chi connectivity index (χ4v) is 3.91. The van der Waals surface area contributed by atoms with Gasteiger partial charge in [-0.1, -0.05) is 18.2 Å². The lowest BCUT2D eigenvalue weighted by molar-refractivity contribution is -0.0815. The third-order valence-corrected chi connectivity index (χ3v) is 5.55. The van der Waals surface area contributed by atoms with E-state index in [1.807, 2.05) is 6.07 Å². The molecule has 1 fully saturated rings. The first kappa shape index (κ1) is 20.2. The third kappa shape index (κ3) is 4.14. The van der Waals surface area contributed by atoms with Crippen molar-refractivity contribution in [1.82, 2.24) is 4.57 Å². The summed E-state index contributed by atoms with van der Waals surface area (Å²) in [6, 6.07) is 8.69. The number of nitrogens with zero attached hydrogens (tertiary/aromatic N) is 1. The van der Waals surface area contributed by atoms with Crippen LogP contribution < -0.4 is 5.56 Å². The van der Waals surface area contributed by atoms with E-state index in [2.05, 4.69) is 4.52 Å². The Morgan fingerprint density at radius 2 is 2.07 bits per heavy atom. The number of hydrogen-bond acceptors (Lipinski definition) is 7. The Kier molecular flexibility index (Phi) is 6.12. The molecule has 9 nitrogen and oxygen atoms in total. The first-order valence-electron chi connectivity index (χ1n) is 8.33. The Balaban J connectivity index is 1.94. The van der Waals surface area contributed by atoms with E-state index >= 15 is 0 Å². The first-order chi connectivity index (χ1) is 12.9. The quantitative estimate of drug-likeness (QED) is 0.669. The topological polar surface area (TPSA) is 116 Å². The molecule has 2 aromatic rings. The van der Waals surface area contributed by atoms with Crippen LogP contribution in [0.3, 0.4) is 0 Å². The summed E-state index contributed by atoms with van der Waals surface area (Å²) >= 11 is 0. The molecule has 10 heteroatoms. The Morgan fingerprint density at radius 3 is 2.78 bits per heavy atom. The van der Waals surface area contributed by atoms with Gasteiger partial charge >= 0.3 is 7.82 Å². The van der Waals surface area contributed by atoms with Crippen LogP contribution >= 0.6 is 7.82 Å². The highest BCUT2D eigenvalue weighted by Gasteiger charge is 2.46. The van der Waals surface area contributed by atoms with Crippen molar-refractivity contribution in [3.63, 3.8) is 0 Å². The Labute approximate surface area is 155 Å². The van der Waals surface area contributed by atoms with Gasteiger partial charge in [0.2, 0.25) is 0 Å². The van der Waals surface area contributed by atoms with Crippen LogP contribution in [0.4, 0.5) is 0 Å². The molecule has 1 aliphatic heterocycles. The summed E-state index contributed by atoms with van der Waals surface area (Å²) < 4.78 is 33.4. The number of hydrogen-bond donors (Lipinski definition) is 2. The van der Waals surface area contributed by atoms with Crippen molar-refractivity contribution in [3.8, 4) is 0 Å². The molecule has 1 saturated heterocycles. The predicted molar refractivity (Wildman–Crippen MR) is 96.3 cm³/mol. The summed E-state index contributed by atoms with van der Waals surface area (Å²) in [4.78, 5) is 22.4. The number of rotatable bonds is 7. The van der Waals surface area contributed by atoms with Gasteiger partial charge in [-0.05, 0) is 17.5 Å². The molecule has 0 saturated carbocycles. The Hall–Kier alpha value is -1.58. The van der Waals surface area contributed by atoms with E-state index in [4.69, 9.17) is 14.0 Å². The summed E-state index contributed by atoms with van der Waals surface area (Å²) in [6.07, 6.45) is -2.03. The number of benzene rings is 1. The maximum absolute atomic E-state index is 12.7. The van der Waals surface area contributed by atoms with Crippen LogP contribution in [0.25, 0.3) is 10.8 Å². The molecule has 5 atom stereocenters. The van der Waals surface area contributed by atoms with E-state index < -0.39 is 37.7 Å². The summed E-state index contributed by atoms with van der Waals surface area (Å²) in [6.45, 7) is 0.316. The number of aliphatic hydroxyl groups is 1. The lowest BCUT2D eigenvalue weighted by Gasteiger charge is -2.28. The molecule has 0 bridgehead atoms. The van der Waals surface area contributed by atoms with Crippen LogP contribution in [-0.4, -0.2) is 54.2 Å². The molecule has 1 aromatic heterocycles. The van der Waals surface area contributed by atoms with Crippen molar-refractivity contribution in [3.05, 3.63) is 46.9 Å². The van der Waals surface area contributed by atoms with E-state index in [0.29, 0.717) is 5.39 Å². The van der Waals surface area contributed by atoms with Gasteiger partial charge in [0.25, 0.3) is 5.56 Å². The van der Waals surface area contributed by atoms with Crippen molar-refractivity contribution in [2.75, 3.05) is 27.4 Å². The minimum atomic E-state index is -4.34. The SMILES string of the molecule is COCC1COC(C(O)n2ccc3ccccc3c2=O)[C@H]1OP(=O)(O)OC. The minimum Gasteiger partial charge on any atom is -0.384 e. The fraction of sp³-hybridized carbons (Fsp3) is 0.471. The summed E-state index contributed by atoms with van der Waals surface area (Å²) in [5, 5.41) is 12.0. The maximum atomic E-state index is 12.7. The third-order valence-electron chi connectivity index (χ3n) is 4.58. The molecular formula is C17H22NO8P. The number of fused-ring (bicyclic) bond motifs is 1. The molecule has 0 spiro atoms. The monoisotopic (exact) mass is 399 g/mol. The van der Waals surface area contributed by atoms with Gasteiger partial charge in [0.15, 0.2) is 6.23 Å². The van der Waals surface area contributed by atoms with Crippen LogP contribution in [0.2, 0.25) is 0 Å². The minimum absolute atomic E-state index is 0.131. The zero-order chi connectivity index (χ0) is 19.6. The van der Waals surface area contributed by atoms with Crippen molar-refractivity contribution >= 4 is 18.6 Å². The van der Waals surface area contributed by atoms with Gasteiger partial charge in [0.05, 0.1) is 13.2 Å². The van der Waals surface area contributed by atoms with Gasteiger partial charge in [-0.15, -0.1) is 0 Å². The highest BCUT2D eigenvalue weighted by molar-refractivity contribution is 7.47. The van der Waals surface area contributed by atoms with E-state index in [0.717, 1.165) is 17.1 Å². The van der Waals surface area contributed by atoms with Gasteiger partial charge in [-0.25, -0.2) is 4.57 Å². The zero-order valence-electron chi connectivity index (χ0n) is 14.9. The summed E-state index contributed by atoms with van der Waals surface area (Å²) in [5.74, 6) is -0.415. The molecule has 1 aromatic carbocycles. The largest absolute Gasteiger partial charge is 0.472 e. The highest BCUT2D eigenvalue weighted by Crippen LogP contribution is 2.47. The van der Waals surface area contributed by atoms with Crippen LogP contribution in [0.15, 0.2) is 41.3 Å². The zero-order valence-corrected chi connectivity index (χ0v) is 15.8. The average Bonchev–Trinajstić information content (AvgIpc) is 3.04. The Morgan fingerprint density at radius 1 is 1.33 bits per heavy atom. The molecule has 148 valence electrons. The molecule has 1 aliphatic rings. The second-order valence-electron chi connectivity index (χ2n) is 6.26. The average molecular weight is 399 g/mol. The number of phosphoric ester groups is 1. The molecule has 27 heavy (non-hydrogen) atoms. The molecule has 2 N–H and O–H groups in total. The number of pyridine rings is 1. The summed E-state index contributed by atoms with van der Waals surface area (Å²) in [5.41, 5.74) is -0.405. The smallest absolute Gasteiger partial charge is 0.384 e. The van der Waals surface area contributed by atoms with Gasteiger partial charge < -0.3 is 19.5 Å². The normalized spacial score (nSPS) is 26.1. The molecule has 0 radical (unpaired) electrons. The number of phosphoric acid groups is 1. The van der Waals surface area contributed by atoms with Crippen LogP contribution in [0, 0.1) is 5.92 Å². The number of ether oxygens (including phenoxy) is 2. The molecule has 2 heterocycles. The summed E-state index contributed by atoms with van der Waals surface area (Å²) in [7, 11) is -1.82. The lowest BCUT2D eigenvalue weighted by Crippen LogP contribution is -2.40. The van der Waals surface area contributed by atoms with Gasteiger partial charge in [0, 0.05) is 31.7 Å². The second kappa shape index (κ2) is 8.20. The molecule has 0 amide bonds. The Bertz CT molecular complexity index is 900. The van der Waals surface area contributed by atoms with Gasteiger partial charge in [-0.3, -0.25) is 18.4 Å². The van der Waals surface area contributed by atoms with Crippen LogP contribution in [0.1, 0.15) is 6.23 Å². The van der Waals surface area contributed by atoms with Crippen molar-refractivity contribution < 1.29 is 33.1 Å². The fourth-order valence-electron chi connectivity index (χ4n) is 3.22. The highest BCUT2D eigenvalue weighted by atomic mass is 31.2. The second-order valence-corrected chi connectivity index (χ2v) is 7.78. The number of aliphatic hydroxyl groups excluding tert-OH is 1. The van der Waals surface area contributed by atoms with Crippen molar-refractivity contribution in [2.24, 2.45) is 5.92 Å². The maximum Gasteiger partial charge on any atom is 0.472 e. The lowest BCUT2D eigenvalue weighted by atomic mass is 10.0. The van der Waals surface area contributed by atoms with Crippen molar-refractivity contribution in [2.45, 2.75) is 18.4 Å². The molecule has 0 aliphatic carbocycles. The van der Waals surface area contributed by atoms with Gasteiger partial charge in [0.1, 0.15) is 12.2 Å². The van der Waals surface area contributed by atoms with E-state index in [-0.39, 0.29) is 13.2 Å². The van der Waals surface area contributed by atoms with Crippen LogP contribution in [0.5, 0.6) is 0 Å². The molecule has 4 unspecified atom stereocenters. The molecule has 3 rings (SSSR count). The number of aromatic nitrogens is 1. The predicted octanol–water partition coefficient (Wildman–Crippen LogP) is 1.29. The van der Waals surface area contributed by atoms with E-state index in [1.165, 1.54) is 13.3 Å². The number of methoxy groups -OCH3 is 1.